The summed E-state index contributed by atoms with van der Waals surface area (Å²) < 4.78 is 5.46. The second kappa shape index (κ2) is 7.28. The van der Waals surface area contributed by atoms with E-state index in [4.69, 9.17) is 4.74 Å². The third kappa shape index (κ3) is 4.33. The lowest BCUT2D eigenvalue weighted by Crippen LogP contribution is -2.18. The van der Waals surface area contributed by atoms with Crippen LogP contribution >= 0.6 is 0 Å². The Labute approximate surface area is 128 Å². The first kappa shape index (κ1) is 15.6. The Morgan fingerprint density at radius 2 is 1.76 bits per heavy atom. The van der Waals surface area contributed by atoms with Gasteiger partial charge in [0.25, 0.3) is 0 Å². The van der Waals surface area contributed by atoms with E-state index in [0.29, 0.717) is 12.6 Å². The Hall–Kier alpha value is -1.80. The molecule has 0 bridgehead atoms. The van der Waals surface area contributed by atoms with E-state index in [9.17, 15) is 0 Å². The summed E-state index contributed by atoms with van der Waals surface area (Å²) in [6, 6.07) is 15.3. The maximum Gasteiger partial charge on any atom is 0.119 e. The molecule has 0 saturated carbocycles. The van der Waals surface area contributed by atoms with Crippen LogP contribution in [0, 0.1) is 13.8 Å². The molecule has 0 aromatic heterocycles. The van der Waals surface area contributed by atoms with Crippen LogP contribution in [0.1, 0.15) is 42.1 Å². The molecule has 2 nitrogen and oxygen atoms in total. The SMILES string of the molecule is CCOc1ccc(CNC(C)c2ccc(C)cc2C)cc1. The zero-order valence-electron chi connectivity index (χ0n) is 13.4. The number of hydrogen-bond acceptors (Lipinski definition) is 2. The maximum atomic E-state index is 5.46. The van der Waals surface area contributed by atoms with Crippen LogP contribution in [0.4, 0.5) is 0 Å². The van der Waals surface area contributed by atoms with Crippen molar-refractivity contribution in [2.75, 3.05) is 6.61 Å². The van der Waals surface area contributed by atoms with E-state index in [1.165, 1.54) is 22.3 Å². The van der Waals surface area contributed by atoms with Gasteiger partial charge in [-0.25, -0.2) is 0 Å². The Balaban J connectivity index is 1.95. The minimum atomic E-state index is 0.345. The molecule has 0 amide bonds. The lowest BCUT2D eigenvalue weighted by Gasteiger charge is -2.17. The van der Waals surface area contributed by atoms with Gasteiger partial charge in [0.1, 0.15) is 5.75 Å². The summed E-state index contributed by atoms with van der Waals surface area (Å²) >= 11 is 0. The molecule has 2 rings (SSSR count). The molecule has 21 heavy (non-hydrogen) atoms. The van der Waals surface area contributed by atoms with Crippen LogP contribution in [0.5, 0.6) is 5.75 Å². The zero-order valence-corrected chi connectivity index (χ0v) is 13.4. The molecule has 0 aliphatic carbocycles. The highest BCUT2D eigenvalue weighted by Crippen LogP contribution is 2.19. The molecule has 0 saturated heterocycles. The van der Waals surface area contributed by atoms with Crippen molar-refractivity contribution in [3.05, 3.63) is 64.7 Å². The molecule has 0 aliphatic heterocycles. The summed E-state index contributed by atoms with van der Waals surface area (Å²) in [6.07, 6.45) is 0. The highest BCUT2D eigenvalue weighted by molar-refractivity contribution is 5.33. The smallest absolute Gasteiger partial charge is 0.119 e. The molecule has 2 aromatic rings. The Morgan fingerprint density at radius 3 is 2.38 bits per heavy atom. The van der Waals surface area contributed by atoms with Crippen molar-refractivity contribution >= 4 is 0 Å². The van der Waals surface area contributed by atoms with Crippen molar-refractivity contribution < 1.29 is 4.74 Å². The predicted octanol–water partition coefficient (Wildman–Crippen LogP) is 4.55. The summed E-state index contributed by atoms with van der Waals surface area (Å²) in [5, 5.41) is 3.59. The van der Waals surface area contributed by atoms with E-state index in [2.05, 4.69) is 56.4 Å². The van der Waals surface area contributed by atoms with Gasteiger partial charge < -0.3 is 10.1 Å². The van der Waals surface area contributed by atoms with Crippen LogP contribution in [0.15, 0.2) is 42.5 Å². The fourth-order valence-corrected chi connectivity index (χ4v) is 2.56. The minimum absolute atomic E-state index is 0.345. The van der Waals surface area contributed by atoms with Crippen molar-refractivity contribution in [2.45, 2.75) is 40.3 Å². The van der Waals surface area contributed by atoms with Crippen LogP contribution in [0.25, 0.3) is 0 Å². The molecule has 2 aromatic carbocycles. The zero-order chi connectivity index (χ0) is 15.2. The Morgan fingerprint density at radius 1 is 1.05 bits per heavy atom. The van der Waals surface area contributed by atoms with Gasteiger partial charge in [-0.3, -0.25) is 0 Å². The monoisotopic (exact) mass is 283 g/mol. The molecule has 112 valence electrons. The third-order valence-corrected chi connectivity index (χ3v) is 3.74. The summed E-state index contributed by atoms with van der Waals surface area (Å²) in [5.41, 5.74) is 5.30. The first-order chi connectivity index (χ1) is 10.1. The van der Waals surface area contributed by atoms with Crippen molar-refractivity contribution in [1.29, 1.82) is 0 Å². The standard InChI is InChI=1S/C19H25NO/c1-5-21-18-9-7-17(8-10-18)13-20-16(4)19-11-6-14(2)12-15(19)3/h6-12,16,20H,5,13H2,1-4H3. The average molecular weight is 283 g/mol. The van der Waals surface area contributed by atoms with Gasteiger partial charge in [0.15, 0.2) is 0 Å². The van der Waals surface area contributed by atoms with Crippen molar-refractivity contribution in [3.8, 4) is 5.75 Å². The molecule has 0 spiro atoms. The number of aryl methyl sites for hydroxylation is 2. The van der Waals surface area contributed by atoms with Gasteiger partial charge in [0, 0.05) is 12.6 Å². The van der Waals surface area contributed by atoms with Crippen molar-refractivity contribution in [2.24, 2.45) is 0 Å². The summed E-state index contributed by atoms with van der Waals surface area (Å²) in [5.74, 6) is 0.934. The average Bonchev–Trinajstić information content (AvgIpc) is 2.46. The molecule has 1 unspecified atom stereocenters. The first-order valence-corrected chi connectivity index (χ1v) is 7.62. The number of nitrogens with one attached hydrogen (secondary N) is 1. The topological polar surface area (TPSA) is 21.3 Å². The molecular weight excluding hydrogens is 258 g/mol. The van der Waals surface area contributed by atoms with Crippen molar-refractivity contribution in [1.82, 2.24) is 5.32 Å². The molecule has 0 aliphatic rings. The van der Waals surface area contributed by atoms with Crippen LogP contribution < -0.4 is 10.1 Å². The van der Waals surface area contributed by atoms with E-state index in [1.807, 2.05) is 19.1 Å². The number of ether oxygens (including phenoxy) is 1. The highest BCUT2D eigenvalue weighted by atomic mass is 16.5. The molecular formula is C19H25NO. The molecule has 2 heteroatoms. The fourth-order valence-electron chi connectivity index (χ4n) is 2.56. The highest BCUT2D eigenvalue weighted by Gasteiger charge is 2.08. The predicted molar refractivity (Wildman–Crippen MR) is 88.8 cm³/mol. The minimum Gasteiger partial charge on any atom is -0.494 e. The normalized spacial score (nSPS) is 12.2. The molecule has 1 atom stereocenters. The van der Waals surface area contributed by atoms with Crippen molar-refractivity contribution in [3.63, 3.8) is 0 Å². The van der Waals surface area contributed by atoms with Gasteiger partial charge in [-0.15, -0.1) is 0 Å². The first-order valence-electron chi connectivity index (χ1n) is 7.62. The quantitative estimate of drug-likeness (QED) is 0.839. The third-order valence-electron chi connectivity index (χ3n) is 3.74. The number of benzene rings is 2. The number of hydrogen-bond donors (Lipinski definition) is 1. The fraction of sp³-hybridized carbons (Fsp3) is 0.368. The Kier molecular flexibility index (Phi) is 5.40. The molecule has 0 heterocycles. The second-order valence-corrected chi connectivity index (χ2v) is 5.54. The maximum absolute atomic E-state index is 5.46. The lowest BCUT2D eigenvalue weighted by molar-refractivity contribution is 0.340. The van der Waals surface area contributed by atoms with E-state index >= 15 is 0 Å². The van der Waals surface area contributed by atoms with Gasteiger partial charge in [-0.1, -0.05) is 35.9 Å². The second-order valence-electron chi connectivity index (χ2n) is 5.54. The van der Waals surface area contributed by atoms with Gasteiger partial charge in [-0.05, 0) is 56.5 Å². The number of rotatable bonds is 6. The van der Waals surface area contributed by atoms with Crippen LogP contribution in [0.3, 0.4) is 0 Å². The van der Waals surface area contributed by atoms with Crippen LogP contribution in [-0.4, -0.2) is 6.61 Å². The Bertz CT molecular complexity index is 575. The molecule has 0 fully saturated rings. The summed E-state index contributed by atoms with van der Waals surface area (Å²) in [4.78, 5) is 0. The van der Waals surface area contributed by atoms with Crippen LogP contribution in [0.2, 0.25) is 0 Å². The summed E-state index contributed by atoms with van der Waals surface area (Å²) in [7, 11) is 0. The van der Waals surface area contributed by atoms with E-state index < -0.39 is 0 Å². The van der Waals surface area contributed by atoms with Gasteiger partial charge in [0.05, 0.1) is 6.61 Å². The van der Waals surface area contributed by atoms with E-state index in [-0.39, 0.29) is 0 Å². The summed E-state index contributed by atoms with van der Waals surface area (Å²) in [6.45, 7) is 10.1. The van der Waals surface area contributed by atoms with E-state index in [0.717, 1.165) is 12.3 Å². The molecule has 1 N–H and O–H groups in total. The van der Waals surface area contributed by atoms with Gasteiger partial charge >= 0.3 is 0 Å². The van der Waals surface area contributed by atoms with Crippen LogP contribution in [-0.2, 0) is 6.54 Å². The van der Waals surface area contributed by atoms with Gasteiger partial charge in [0.2, 0.25) is 0 Å². The van der Waals surface area contributed by atoms with E-state index in [1.54, 1.807) is 0 Å². The molecule has 0 radical (unpaired) electrons. The van der Waals surface area contributed by atoms with Gasteiger partial charge in [-0.2, -0.15) is 0 Å². The lowest BCUT2D eigenvalue weighted by atomic mass is 10.00. The largest absolute Gasteiger partial charge is 0.494 e.